The molecule has 2 aromatic carbocycles. The van der Waals surface area contributed by atoms with E-state index >= 15 is 0 Å². The number of aliphatic hydroxyl groups is 1. The van der Waals surface area contributed by atoms with Gasteiger partial charge in [0.25, 0.3) is 0 Å². The van der Waals surface area contributed by atoms with Crippen LogP contribution in [0.15, 0.2) is 60.7 Å². The van der Waals surface area contributed by atoms with Crippen molar-refractivity contribution in [2.75, 3.05) is 0 Å². The number of rotatable bonds is 13. The minimum atomic E-state index is -1.56. The number of carboxylic acid groups (broad SMARTS) is 1. The molecule has 0 heterocycles. The fourth-order valence-corrected chi connectivity index (χ4v) is 3.72. The molecule has 0 aliphatic carbocycles. The Hall–Kier alpha value is -3.76. The number of hydrogen-bond donors (Lipinski definition) is 6. The first-order chi connectivity index (χ1) is 17.5. The van der Waals surface area contributed by atoms with Gasteiger partial charge < -0.3 is 31.9 Å². The first kappa shape index (κ1) is 29.5. The molecule has 0 aromatic heterocycles. The third-order valence-electron chi connectivity index (χ3n) is 5.84. The van der Waals surface area contributed by atoms with E-state index in [0.29, 0.717) is 0 Å². The van der Waals surface area contributed by atoms with E-state index in [4.69, 9.17) is 5.73 Å². The molecule has 5 unspecified atom stereocenters. The van der Waals surface area contributed by atoms with Crippen molar-refractivity contribution < 1.29 is 29.4 Å². The Balaban J connectivity index is 2.17. The number of aliphatic carboxylic acids is 1. The molecule has 10 heteroatoms. The molecule has 0 aliphatic heterocycles. The van der Waals surface area contributed by atoms with Crippen molar-refractivity contribution in [2.24, 2.45) is 11.7 Å². The van der Waals surface area contributed by atoms with Gasteiger partial charge in [0.1, 0.15) is 12.1 Å². The molecule has 0 fully saturated rings. The lowest BCUT2D eigenvalue weighted by atomic mass is 9.99. The predicted octanol–water partition coefficient (Wildman–Crippen LogP) is 0.375. The van der Waals surface area contributed by atoms with Crippen LogP contribution in [0.4, 0.5) is 0 Å². The lowest BCUT2D eigenvalue weighted by Gasteiger charge is -2.27. The Morgan fingerprint density at radius 1 is 0.730 bits per heavy atom. The minimum absolute atomic E-state index is 0.0663. The van der Waals surface area contributed by atoms with Crippen molar-refractivity contribution in [2.45, 2.75) is 63.9 Å². The van der Waals surface area contributed by atoms with Gasteiger partial charge >= 0.3 is 5.97 Å². The summed E-state index contributed by atoms with van der Waals surface area (Å²) in [6.45, 7) is 4.73. The van der Waals surface area contributed by atoms with Crippen LogP contribution in [0.25, 0.3) is 0 Å². The molecule has 0 bridgehead atoms. The van der Waals surface area contributed by atoms with E-state index in [-0.39, 0.29) is 18.8 Å². The Labute approximate surface area is 216 Å². The highest BCUT2D eigenvalue weighted by atomic mass is 16.4. The Kier molecular flexibility index (Phi) is 11.2. The van der Waals surface area contributed by atoms with E-state index < -0.39 is 54.0 Å². The third-order valence-corrected chi connectivity index (χ3v) is 5.84. The van der Waals surface area contributed by atoms with Gasteiger partial charge in [0, 0.05) is 6.42 Å². The first-order valence-electron chi connectivity index (χ1n) is 12.1. The van der Waals surface area contributed by atoms with Crippen LogP contribution >= 0.6 is 0 Å². The quantitative estimate of drug-likeness (QED) is 0.225. The first-order valence-corrected chi connectivity index (χ1v) is 12.1. The summed E-state index contributed by atoms with van der Waals surface area (Å²) in [5, 5.41) is 26.7. The topological polar surface area (TPSA) is 171 Å². The summed E-state index contributed by atoms with van der Waals surface area (Å²) in [6.07, 6.45) is -1.01. The number of carboxylic acids is 1. The molecule has 2 rings (SSSR count). The molecule has 0 radical (unpaired) electrons. The zero-order valence-electron chi connectivity index (χ0n) is 21.3. The second-order valence-electron chi connectivity index (χ2n) is 9.34. The molecule has 5 atom stereocenters. The van der Waals surface area contributed by atoms with Gasteiger partial charge in [-0.15, -0.1) is 0 Å². The van der Waals surface area contributed by atoms with Gasteiger partial charge in [-0.25, -0.2) is 4.79 Å². The van der Waals surface area contributed by atoms with Gasteiger partial charge in [-0.3, -0.25) is 14.4 Å². The van der Waals surface area contributed by atoms with Crippen LogP contribution in [-0.2, 0) is 32.0 Å². The number of carbonyl (C=O) groups is 4. The minimum Gasteiger partial charge on any atom is -0.480 e. The maximum Gasteiger partial charge on any atom is 0.328 e. The largest absolute Gasteiger partial charge is 0.480 e. The highest BCUT2D eigenvalue weighted by Gasteiger charge is 2.33. The summed E-state index contributed by atoms with van der Waals surface area (Å²) >= 11 is 0. The maximum atomic E-state index is 13.2. The van der Waals surface area contributed by atoms with Crippen molar-refractivity contribution >= 4 is 23.7 Å². The van der Waals surface area contributed by atoms with Crippen molar-refractivity contribution in [3.8, 4) is 0 Å². The highest BCUT2D eigenvalue weighted by molar-refractivity contribution is 5.94. The highest BCUT2D eigenvalue weighted by Crippen LogP contribution is 2.09. The third kappa shape index (κ3) is 9.32. The van der Waals surface area contributed by atoms with Crippen molar-refractivity contribution in [3.05, 3.63) is 71.8 Å². The summed E-state index contributed by atoms with van der Waals surface area (Å²) in [5.41, 5.74) is 7.67. The van der Waals surface area contributed by atoms with Gasteiger partial charge in [-0.1, -0.05) is 74.5 Å². The summed E-state index contributed by atoms with van der Waals surface area (Å²) in [4.78, 5) is 50.5. The molecule has 2 aromatic rings. The van der Waals surface area contributed by atoms with Gasteiger partial charge in [-0.05, 0) is 30.4 Å². The summed E-state index contributed by atoms with van der Waals surface area (Å²) in [7, 11) is 0. The molecule has 7 N–H and O–H groups in total. The van der Waals surface area contributed by atoms with Crippen molar-refractivity contribution in [3.63, 3.8) is 0 Å². The summed E-state index contributed by atoms with van der Waals surface area (Å²) in [5.74, 6) is -3.65. The molecule has 3 amide bonds. The van der Waals surface area contributed by atoms with Gasteiger partial charge in [0.2, 0.25) is 17.7 Å². The van der Waals surface area contributed by atoms with Crippen LogP contribution in [-0.4, -0.2) is 64.2 Å². The standard InChI is InChI=1S/C27H36N4O6/c1-16(2)22(30-24(33)20(28)14-18-10-6-4-7-11-18)26(35)29-21(15-19-12-8-5-9-13-19)25(34)31-23(17(3)32)27(36)37/h4-13,16-17,20-23,32H,14-15,28H2,1-3H3,(H,29,35)(H,30,33)(H,31,34)(H,36,37). The number of aliphatic hydroxyl groups excluding tert-OH is 1. The number of hydrogen-bond acceptors (Lipinski definition) is 6. The molecule has 37 heavy (non-hydrogen) atoms. The van der Waals surface area contributed by atoms with Crippen LogP contribution in [0.2, 0.25) is 0 Å². The number of nitrogens with two attached hydrogens (primary N) is 1. The normalized spacial score (nSPS) is 15.1. The molecule has 10 nitrogen and oxygen atoms in total. The van der Waals surface area contributed by atoms with Crippen LogP contribution in [0.1, 0.15) is 31.9 Å². The van der Waals surface area contributed by atoms with Crippen LogP contribution in [0.5, 0.6) is 0 Å². The van der Waals surface area contributed by atoms with Gasteiger partial charge in [0.05, 0.1) is 12.1 Å². The monoisotopic (exact) mass is 512 g/mol. The van der Waals surface area contributed by atoms with Crippen LogP contribution in [0, 0.1) is 5.92 Å². The van der Waals surface area contributed by atoms with E-state index in [1.165, 1.54) is 6.92 Å². The van der Waals surface area contributed by atoms with Crippen LogP contribution in [0.3, 0.4) is 0 Å². The Morgan fingerprint density at radius 3 is 1.68 bits per heavy atom. The maximum absolute atomic E-state index is 13.2. The van der Waals surface area contributed by atoms with Crippen molar-refractivity contribution in [1.29, 1.82) is 0 Å². The van der Waals surface area contributed by atoms with Crippen molar-refractivity contribution in [1.82, 2.24) is 16.0 Å². The Bertz CT molecular complexity index is 1050. The second kappa shape index (κ2) is 14.1. The zero-order chi connectivity index (χ0) is 27.5. The lowest BCUT2D eigenvalue weighted by Crippen LogP contribution is -2.59. The summed E-state index contributed by atoms with van der Waals surface area (Å²) in [6, 6.07) is 13.5. The molecular weight excluding hydrogens is 476 g/mol. The fourth-order valence-electron chi connectivity index (χ4n) is 3.72. The van der Waals surface area contributed by atoms with E-state index in [9.17, 15) is 29.4 Å². The Morgan fingerprint density at radius 2 is 1.22 bits per heavy atom. The SMILES string of the molecule is CC(C)C(NC(=O)C(N)Cc1ccccc1)C(=O)NC(Cc1ccccc1)C(=O)NC(C(=O)O)C(C)O. The average molecular weight is 513 g/mol. The van der Waals surface area contributed by atoms with E-state index in [1.54, 1.807) is 44.2 Å². The second-order valence-corrected chi connectivity index (χ2v) is 9.34. The van der Waals surface area contributed by atoms with E-state index in [1.807, 2.05) is 30.3 Å². The lowest BCUT2D eigenvalue weighted by molar-refractivity contribution is -0.145. The molecule has 200 valence electrons. The fraction of sp³-hybridized carbons (Fsp3) is 0.407. The number of amides is 3. The molecule has 0 spiro atoms. The molecular formula is C27H36N4O6. The van der Waals surface area contributed by atoms with Crippen LogP contribution < -0.4 is 21.7 Å². The number of nitrogens with one attached hydrogen (secondary N) is 3. The summed E-state index contributed by atoms with van der Waals surface area (Å²) < 4.78 is 0. The average Bonchev–Trinajstić information content (AvgIpc) is 2.85. The zero-order valence-corrected chi connectivity index (χ0v) is 21.3. The predicted molar refractivity (Wildman–Crippen MR) is 138 cm³/mol. The molecule has 0 saturated heterocycles. The number of benzene rings is 2. The molecule has 0 saturated carbocycles. The van der Waals surface area contributed by atoms with E-state index in [0.717, 1.165) is 11.1 Å². The smallest absolute Gasteiger partial charge is 0.328 e. The molecule has 0 aliphatic rings. The number of carbonyl (C=O) groups excluding carboxylic acids is 3. The van der Waals surface area contributed by atoms with Gasteiger partial charge in [-0.2, -0.15) is 0 Å². The van der Waals surface area contributed by atoms with E-state index in [2.05, 4.69) is 16.0 Å². The van der Waals surface area contributed by atoms with Gasteiger partial charge in [0.15, 0.2) is 6.04 Å².